The summed E-state index contributed by atoms with van der Waals surface area (Å²) in [7, 11) is 0. The van der Waals surface area contributed by atoms with Crippen molar-refractivity contribution in [3.05, 3.63) is 48.5 Å². The summed E-state index contributed by atoms with van der Waals surface area (Å²) >= 11 is 1.77. The number of aryl methyl sites for hydroxylation is 1. The van der Waals surface area contributed by atoms with Crippen molar-refractivity contribution < 1.29 is 4.79 Å². The highest BCUT2D eigenvalue weighted by Gasteiger charge is 2.17. The number of hydrogen-bond acceptors (Lipinski definition) is 6. The van der Waals surface area contributed by atoms with Gasteiger partial charge in [0.25, 0.3) is 5.91 Å². The normalized spacial score (nSPS) is 15.9. The number of hydrogen-bond donors (Lipinski definition) is 1. The predicted molar refractivity (Wildman–Crippen MR) is 114 cm³/mol. The zero-order valence-corrected chi connectivity index (χ0v) is 16.9. The van der Waals surface area contributed by atoms with Crippen LogP contribution in [0.2, 0.25) is 0 Å². The maximum Gasteiger partial charge on any atom is 0.274 e. The molecule has 29 heavy (non-hydrogen) atoms. The monoisotopic (exact) mass is 406 g/mol. The minimum atomic E-state index is -0.231. The van der Waals surface area contributed by atoms with Crippen LogP contribution in [0.5, 0.6) is 0 Å². The first-order valence-corrected chi connectivity index (χ1v) is 10.9. The summed E-state index contributed by atoms with van der Waals surface area (Å²) in [4.78, 5) is 28.2. The van der Waals surface area contributed by atoms with E-state index in [1.165, 1.54) is 12.7 Å². The summed E-state index contributed by atoms with van der Waals surface area (Å²) in [6.07, 6.45) is 7.12. The Kier molecular flexibility index (Phi) is 4.93. The molecule has 7 nitrogen and oxygen atoms in total. The van der Waals surface area contributed by atoms with E-state index in [0.29, 0.717) is 5.69 Å². The second kappa shape index (κ2) is 7.87. The molecule has 0 aliphatic carbocycles. The lowest BCUT2D eigenvalue weighted by atomic mass is 10.1. The number of aromatic nitrogens is 4. The van der Waals surface area contributed by atoms with Crippen LogP contribution in [0.3, 0.4) is 0 Å². The second-order valence-electron chi connectivity index (χ2n) is 7.29. The number of nitrogens with zero attached hydrogens (tertiary/aromatic N) is 5. The Labute approximate surface area is 173 Å². The average molecular weight is 407 g/mol. The highest BCUT2D eigenvalue weighted by atomic mass is 32.2. The van der Waals surface area contributed by atoms with Crippen molar-refractivity contribution >= 4 is 29.2 Å². The third kappa shape index (κ3) is 3.85. The fourth-order valence-electron chi connectivity index (χ4n) is 3.77. The lowest BCUT2D eigenvalue weighted by molar-refractivity contribution is 0.102. The predicted octanol–water partition coefficient (Wildman–Crippen LogP) is 3.69. The standard InChI is InChI=1S/C21H22N6OS/c28-20(17-12-19(23-14-22-17)26-7-2-1-3-8-26)24-16-6-4-5-15(11-16)18-13-27-9-10-29-21(27)25-18/h4-6,11-14H,1-3,7-10H2,(H,24,28). The van der Waals surface area contributed by atoms with E-state index in [4.69, 9.17) is 0 Å². The SMILES string of the molecule is O=C(Nc1cccc(-c2cn3c(n2)SCC3)c1)c1cc(N2CCCCC2)ncn1. The van der Waals surface area contributed by atoms with Gasteiger partial charge in [-0.05, 0) is 31.4 Å². The minimum Gasteiger partial charge on any atom is -0.357 e. The molecule has 0 atom stereocenters. The first-order valence-electron chi connectivity index (χ1n) is 9.95. The van der Waals surface area contributed by atoms with Crippen LogP contribution in [-0.2, 0) is 6.54 Å². The van der Waals surface area contributed by atoms with Crippen molar-refractivity contribution in [2.45, 2.75) is 31.0 Å². The number of carbonyl (C=O) groups excluding carboxylic acids is 1. The molecule has 4 heterocycles. The van der Waals surface area contributed by atoms with Gasteiger partial charge in [0.15, 0.2) is 5.16 Å². The van der Waals surface area contributed by atoms with Crippen molar-refractivity contribution in [2.24, 2.45) is 0 Å². The van der Waals surface area contributed by atoms with Gasteiger partial charge in [0.2, 0.25) is 0 Å². The van der Waals surface area contributed by atoms with Crippen LogP contribution in [0.15, 0.2) is 48.0 Å². The Morgan fingerprint density at radius 1 is 1.07 bits per heavy atom. The molecule has 1 fully saturated rings. The van der Waals surface area contributed by atoms with Crippen LogP contribution in [0.25, 0.3) is 11.3 Å². The molecule has 0 bridgehead atoms. The van der Waals surface area contributed by atoms with Crippen molar-refractivity contribution in [2.75, 3.05) is 29.1 Å². The van der Waals surface area contributed by atoms with E-state index in [-0.39, 0.29) is 5.91 Å². The van der Waals surface area contributed by atoms with Crippen LogP contribution in [-0.4, -0.2) is 44.3 Å². The molecule has 1 amide bonds. The molecule has 1 N–H and O–H groups in total. The first-order chi connectivity index (χ1) is 14.3. The molecule has 2 aliphatic rings. The van der Waals surface area contributed by atoms with E-state index < -0.39 is 0 Å². The van der Waals surface area contributed by atoms with Crippen LogP contribution >= 0.6 is 11.8 Å². The number of anilines is 2. The molecule has 2 aromatic heterocycles. The van der Waals surface area contributed by atoms with Crippen LogP contribution in [0.1, 0.15) is 29.8 Å². The summed E-state index contributed by atoms with van der Waals surface area (Å²) in [5.41, 5.74) is 3.02. The molecule has 1 saturated heterocycles. The molecule has 0 radical (unpaired) electrons. The summed E-state index contributed by atoms with van der Waals surface area (Å²) in [5, 5.41) is 4.02. The van der Waals surface area contributed by atoms with E-state index >= 15 is 0 Å². The Morgan fingerprint density at radius 3 is 2.83 bits per heavy atom. The summed E-state index contributed by atoms with van der Waals surface area (Å²) < 4.78 is 2.17. The largest absolute Gasteiger partial charge is 0.357 e. The molecular formula is C21H22N6OS. The van der Waals surface area contributed by atoms with E-state index in [1.807, 2.05) is 24.3 Å². The number of amides is 1. The fraction of sp³-hybridized carbons (Fsp3) is 0.333. The lowest BCUT2D eigenvalue weighted by Gasteiger charge is -2.27. The van der Waals surface area contributed by atoms with E-state index in [2.05, 4.69) is 35.9 Å². The van der Waals surface area contributed by atoms with Gasteiger partial charge >= 0.3 is 0 Å². The zero-order chi connectivity index (χ0) is 19.6. The van der Waals surface area contributed by atoms with Gasteiger partial charge in [-0.15, -0.1) is 0 Å². The number of piperidine rings is 1. The molecule has 8 heteroatoms. The number of nitrogens with one attached hydrogen (secondary N) is 1. The maximum atomic E-state index is 12.8. The average Bonchev–Trinajstić information content (AvgIpc) is 3.37. The number of benzene rings is 1. The molecular weight excluding hydrogens is 384 g/mol. The molecule has 0 saturated carbocycles. The number of rotatable bonds is 4. The summed E-state index contributed by atoms with van der Waals surface area (Å²) in [6, 6.07) is 9.56. The van der Waals surface area contributed by atoms with Crippen LogP contribution in [0, 0.1) is 0 Å². The summed E-state index contributed by atoms with van der Waals surface area (Å²) in [5.74, 6) is 1.67. The van der Waals surface area contributed by atoms with Gasteiger partial charge in [0, 0.05) is 48.9 Å². The second-order valence-corrected chi connectivity index (χ2v) is 8.36. The molecule has 3 aromatic rings. The third-order valence-corrected chi connectivity index (χ3v) is 6.26. The third-order valence-electron chi connectivity index (χ3n) is 5.28. The number of imidazole rings is 1. The molecule has 148 valence electrons. The molecule has 1 aromatic carbocycles. The van der Waals surface area contributed by atoms with E-state index in [9.17, 15) is 4.79 Å². The molecule has 0 unspecified atom stereocenters. The fourth-order valence-corrected chi connectivity index (χ4v) is 4.71. The minimum absolute atomic E-state index is 0.231. The van der Waals surface area contributed by atoms with Crippen molar-refractivity contribution in [1.29, 1.82) is 0 Å². The Hall–Kier alpha value is -2.87. The van der Waals surface area contributed by atoms with Crippen molar-refractivity contribution in [1.82, 2.24) is 19.5 Å². The Balaban J connectivity index is 1.33. The van der Waals surface area contributed by atoms with Gasteiger partial charge in [-0.2, -0.15) is 0 Å². The zero-order valence-electron chi connectivity index (χ0n) is 16.0. The molecule has 5 rings (SSSR count). The summed E-state index contributed by atoms with van der Waals surface area (Å²) in [6.45, 7) is 2.95. The van der Waals surface area contributed by atoms with E-state index in [0.717, 1.165) is 66.1 Å². The first kappa shape index (κ1) is 18.2. The molecule has 0 spiro atoms. The van der Waals surface area contributed by atoms with Crippen molar-refractivity contribution in [3.8, 4) is 11.3 Å². The number of thioether (sulfide) groups is 1. The highest BCUT2D eigenvalue weighted by molar-refractivity contribution is 7.99. The van der Waals surface area contributed by atoms with Gasteiger partial charge in [-0.3, -0.25) is 4.79 Å². The van der Waals surface area contributed by atoms with Crippen LogP contribution < -0.4 is 10.2 Å². The van der Waals surface area contributed by atoms with E-state index in [1.54, 1.807) is 17.8 Å². The Morgan fingerprint density at radius 2 is 1.97 bits per heavy atom. The molecule has 2 aliphatic heterocycles. The van der Waals surface area contributed by atoms with Crippen LogP contribution in [0.4, 0.5) is 11.5 Å². The lowest BCUT2D eigenvalue weighted by Crippen LogP contribution is -2.30. The quantitative estimate of drug-likeness (QED) is 0.712. The number of carbonyl (C=O) groups is 1. The van der Waals surface area contributed by atoms with Gasteiger partial charge in [-0.25, -0.2) is 15.0 Å². The van der Waals surface area contributed by atoms with Gasteiger partial charge in [0.1, 0.15) is 17.8 Å². The maximum absolute atomic E-state index is 12.8. The van der Waals surface area contributed by atoms with Gasteiger partial charge in [-0.1, -0.05) is 23.9 Å². The number of fused-ring (bicyclic) bond motifs is 1. The van der Waals surface area contributed by atoms with Gasteiger partial charge < -0.3 is 14.8 Å². The van der Waals surface area contributed by atoms with Gasteiger partial charge in [0.05, 0.1) is 5.69 Å². The topological polar surface area (TPSA) is 75.9 Å². The smallest absolute Gasteiger partial charge is 0.274 e. The van der Waals surface area contributed by atoms with Crippen molar-refractivity contribution in [3.63, 3.8) is 0 Å². The Bertz CT molecular complexity index is 1020. The highest BCUT2D eigenvalue weighted by Crippen LogP contribution is 2.30.